The number of hydrogen-bond acceptors (Lipinski definition) is 3. The summed E-state index contributed by atoms with van der Waals surface area (Å²) in [5.74, 6) is 0.928. The molecule has 1 rings (SSSR count). The fourth-order valence-electron chi connectivity index (χ4n) is 2.52. The number of thioether (sulfide) groups is 1. The van der Waals surface area contributed by atoms with Gasteiger partial charge in [0.05, 0.1) is 0 Å². The van der Waals surface area contributed by atoms with Gasteiger partial charge in [0, 0.05) is 38.0 Å². The summed E-state index contributed by atoms with van der Waals surface area (Å²) in [6.07, 6.45) is 7.46. The molecule has 1 fully saturated rings. The number of hydrogen-bond donors (Lipinski definition) is 2. The first-order valence-electron chi connectivity index (χ1n) is 7.88. The van der Waals surface area contributed by atoms with Gasteiger partial charge in [-0.15, -0.1) is 24.0 Å². The molecule has 0 aromatic carbocycles. The number of guanidine groups is 1. The molecule has 2 N–H and O–H groups in total. The van der Waals surface area contributed by atoms with Crippen molar-refractivity contribution >= 4 is 41.7 Å². The molecular formula is C15H33IN4S. The van der Waals surface area contributed by atoms with E-state index in [1.807, 2.05) is 18.8 Å². The number of piperidine rings is 1. The Balaban J connectivity index is 0.00000400. The number of likely N-dealkylation sites (tertiary alicyclic amines) is 1. The largest absolute Gasteiger partial charge is 0.356 e. The fraction of sp³-hybridized carbons (Fsp3) is 0.933. The van der Waals surface area contributed by atoms with E-state index in [0.717, 1.165) is 25.1 Å². The average Bonchev–Trinajstić information content (AvgIpc) is 2.47. The van der Waals surface area contributed by atoms with Crippen LogP contribution in [-0.2, 0) is 0 Å². The summed E-state index contributed by atoms with van der Waals surface area (Å²) in [6, 6.07) is 0.767. The van der Waals surface area contributed by atoms with Crippen LogP contribution in [0.1, 0.15) is 39.5 Å². The van der Waals surface area contributed by atoms with Crippen molar-refractivity contribution in [3.05, 3.63) is 0 Å². The highest BCUT2D eigenvalue weighted by Crippen LogP contribution is 2.15. The molecule has 1 aliphatic heterocycles. The quantitative estimate of drug-likeness (QED) is 0.283. The van der Waals surface area contributed by atoms with Gasteiger partial charge in [0.1, 0.15) is 0 Å². The van der Waals surface area contributed by atoms with Crippen molar-refractivity contribution in [2.24, 2.45) is 4.99 Å². The summed E-state index contributed by atoms with van der Waals surface area (Å²) >= 11 is 1.87. The maximum Gasteiger partial charge on any atom is 0.191 e. The third-order valence-corrected chi connectivity index (χ3v) is 5.01. The monoisotopic (exact) mass is 428 g/mol. The van der Waals surface area contributed by atoms with Crippen LogP contribution in [0.2, 0.25) is 0 Å². The molecule has 0 aromatic heterocycles. The maximum absolute atomic E-state index is 4.27. The summed E-state index contributed by atoms with van der Waals surface area (Å²) in [5, 5.41) is 7.39. The standard InChI is InChI=1S/C15H32N4S.HI/c1-13-8-5-6-10-19(13)11-7-9-17-15(16-3)18-12-14(2)20-4;/h13-14H,5-12H2,1-4H3,(H2,16,17,18);1H. The first kappa shape index (κ1) is 21.3. The van der Waals surface area contributed by atoms with Crippen LogP contribution in [0.5, 0.6) is 0 Å². The summed E-state index contributed by atoms with van der Waals surface area (Å²) in [7, 11) is 1.84. The second-order valence-corrected chi connectivity index (χ2v) is 6.94. The minimum Gasteiger partial charge on any atom is -0.356 e. The average molecular weight is 428 g/mol. The minimum atomic E-state index is 0. The van der Waals surface area contributed by atoms with Gasteiger partial charge < -0.3 is 15.5 Å². The zero-order valence-electron chi connectivity index (χ0n) is 14.0. The molecule has 2 atom stereocenters. The van der Waals surface area contributed by atoms with E-state index in [9.17, 15) is 0 Å². The van der Waals surface area contributed by atoms with Crippen molar-refractivity contribution < 1.29 is 0 Å². The third-order valence-electron chi connectivity index (χ3n) is 4.04. The first-order chi connectivity index (χ1) is 9.67. The van der Waals surface area contributed by atoms with Crippen LogP contribution in [-0.4, -0.2) is 61.6 Å². The lowest BCUT2D eigenvalue weighted by atomic mass is 10.0. The third kappa shape index (κ3) is 9.13. The molecule has 4 nitrogen and oxygen atoms in total. The van der Waals surface area contributed by atoms with Crippen LogP contribution in [0, 0.1) is 0 Å². The van der Waals surface area contributed by atoms with Gasteiger partial charge in [0.25, 0.3) is 0 Å². The predicted octanol–water partition coefficient (Wildman–Crippen LogP) is 2.79. The van der Waals surface area contributed by atoms with Crippen LogP contribution in [0.4, 0.5) is 0 Å². The number of aliphatic imine (C=N–C) groups is 1. The molecule has 6 heteroatoms. The van der Waals surface area contributed by atoms with Crippen LogP contribution >= 0.6 is 35.7 Å². The zero-order valence-corrected chi connectivity index (χ0v) is 17.2. The van der Waals surface area contributed by atoms with Crippen LogP contribution in [0.3, 0.4) is 0 Å². The summed E-state index contributed by atoms with van der Waals surface area (Å²) in [6.45, 7) is 9.02. The number of nitrogens with zero attached hydrogens (tertiary/aromatic N) is 2. The molecule has 0 aliphatic carbocycles. The fourth-order valence-corrected chi connectivity index (χ4v) is 2.77. The lowest BCUT2D eigenvalue weighted by Crippen LogP contribution is -2.42. The highest BCUT2D eigenvalue weighted by atomic mass is 127. The van der Waals surface area contributed by atoms with Crippen molar-refractivity contribution in [2.75, 3.05) is 39.5 Å². The Hall–Kier alpha value is 0.310. The smallest absolute Gasteiger partial charge is 0.191 e. The molecule has 126 valence electrons. The molecule has 0 amide bonds. The van der Waals surface area contributed by atoms with Crippen LogP contribution in [0.25, 0.3) is 0 Å². The van der Waals surface area contributed by atoms with Gasteiger partial charge in [-0.3, -0.25) is 4.99 Å². The summed E-state index contributed by atoms with van der Waals surface area (Å²) < 4.78 is 0. The van der Waals surface area contributed by atoms with Crippen LogP contribution < -0.4 is 10.6 Å². The van der Waals surface area contributed by atoms with Gasteiger partial charge in [-0.2, -0.15) is 11.8 Å². The summed E-state index contributed by atoms with van der Waals surface area (Å²) in [5.41, 5.74) is 0. The van der Waals surface area contributed by atoms with Gasteiger partial charge in [-0.05, 0) is 39.0 Å². The molecule has 0 spiro atoms. The van der Waals surface area contributed by atoms with Gasteiger partial charge in [0.15, 0.2) is 5.96 Å². The Morgan fingerprint density at radius 1 is 1.38 bits per heavy atom. The molecule has 0 radical (unpaired) electrons. The molecule has 0 aromatic rings. The number of halogens is 1. The Morgan fingerprint density at radius 2 is 2.14 bits per heavy atom. The maximum atomic E-state index is 4.27. The topological polar surface area (TPSA) is 39.7 Å². The van der Waals surface area contributed by atoms with Crippen molar-refractivity contribution in [3.63, 3.8) is 0 Å². The van der Waals surface area contributed by atoms with E-state index in [-0.39, 0.29) is 24.0 Å². The Bertz CT molecular complexity index is 289. The normalized spacial score (nSPS) is 21.5. The van der Waals surface area contributed by atoms with E-state index in [2.05, 4.69) is 40.6 Å². The van der Waals surface area contributed by atoms with E-state index in [0.29, 0.717) is 5.25 Å². The molecule has 0 saturated carbocycles. The van der Waals surface area contributed by atoms with E-state index in [1.54, 1.807) is 0 Å². The van der Waals surface area contributed by atoms with Crippen molar-refractivity contribution in [1.29, 1.82) is 0 Å². The minimum absolute atomic E-state index is 0. The van der Waals surface area contributed by atoms with E-state index in [4.69, 9.17) is 0 Å². The van der Waals surface area contributed by atoms with Gasteiger partial charge >= 0.3 is 0 Å². The van der Waals surface area contributed by atoms with E-state index < -0.39 is 0 Å². The second kappa shape index (κ2) is 12.8. The van der Waals surface area contributed by atoms with Gasteiger partial charge in [-0.1, -0.05) is 13.3 Å². The van der Waals surface area contributed by atoms with Crippen molar-refractivity contribution in [2.45, 2.75) is 50.8 Å². The molecule has 1 heterocycles. The first-order valence-corrected chi connectivity index (χ1v) is 9.17. The highest BCUT2D eigenvalue weighted by Gasteiger charge is 2.17. The number of rotatable bonds is 7. The summed E-state index contributed by atoms with van der Waals surface area (Å²) in [4.78, 5) is 6.89. The van der Waals surface area contributed by atoms with E-state index >= 15 is 0 Å². The second-order valence-electron chi connectivity index (χ2n) is 5.66. The molecular weight excluding hydrogens is 395 g/mol. The zero-order chi connectivity index (χ0) is 14.8. The lowest BCUT2D eigenvalue weighted by molar-refractivity contribution is 0.159. The number of nitrogens with one attached hydrogen (secondary N) is 2. The molecule has 0 bridgehead atoms. The Morgan fingerprint density at radius 3 is 2.76 bits per heavy atom. The van der Waals surface area contributed by atoms with Crippen molar-refractivity contribution in [3.8, 4) is 0 Å². The lowest BCUT2D eigenvalue weighted by Gasteiger charge is -2.33. The molecule has 1 aliphatic rings. The highest BCUT2D eigenvalue weighted by molar-refractivity contribution is 14.0. The molecule has 1 saturated heterocycles. The predicted molar refractivity (Wildman–Crippen MR) is 107 cm³/mol. The van der Waals surface area contributed by atoms with Gasteiger partial charge in [0.2, 0.25) is 0 Å². The molecule has 21 heavy (non-hydrogen) atoms. The molecule has 2 unspecified atom stereocenters. The Labute approximate surface area is 152 Å². The van der Waals surface area contributed by atoms with E-state index in [1.165, 1.54) is 38.8 Å². The van der Waals surface area contributed by atoms with Gasteiger partial charge in [-0.25, -0.2) is 0 Å². The van der Waals surface area contributed by atoms with Crippen LogP contribution in [0.15, 0.2) is 4.99 Å². The van der Waals surface area contributed by atoms with Crippen molar-refractivity contribution in [1.82, 2.24) is 15.5 Å². The Kier molecular flexibility index (Phi) is 13.0. The SMILES string of the molecule is CN=C(NCCCN1CCCCC1C)NCC(C)SC.I.